The van der Waals surface area contributed by atoms with Crippen molar-refractivity contribution in [3.63, 3.8) is 0 Å². The molecule has 8 nitrogen and oxygen atoms in total. The molecule has 0 aliphatic rings. The number of benzene rings is 2. The van der Waals surface area contributed by atoms with E-state index < -0.39 is 11.8 Å². The molecule has 0 radical (unpaired) electrons. The first kappa shape index (κ1) is 24.0. The molecular weight excluding hydrogens is 467 g/mol. The fraction of sp³-hybridized carbons (Fsp3) is 0.130. The van der Waals surface area contributed by atoms with Crippen molar-refractivity contribution in [1.29, 1.82) is 0 Å². The molecule has 0 aliphatic carbocycles. The normalized spacial score (nSPS) is 10.7. The summed E-state index contributed by atoms with van der Waals surface area (Å²) in [7, 11) is 3.03. The second kappa shape index (κ2) is 10.8. The van der Waals surface area contributed by atoms with Gasteiger partial charge in [-0.05, 0) is 48.9 Å². The lowest BCUT2D eigenvalue weighted by molar-refractivity contribution is 0.0956. The van der Waals surface area contributed by atoms with Crippen molar-refractivity contribution in [2.75, 3.05) is 19.5 Å². The highest BCUT2D eigenvalue weighted by molar-refractivity contribution is 6.33. The Balaban J connectivity index is 1.86. The number of pyridine rings is 1. The summed E-state index contributed by atoms with van der Waals surface area (Å²) in [5.41, 5.74) is 4.19. The number of rotatable bonds is 7. The number of methoxy groups -OCH3 is 2. The zero-order chi connectivity index (χ0) is 24.0. The van der Waals surface area contributed by atoms with Gasteiger partial charge in [-0.15, -0.1) is 0 Å². The van der Waals surface area contributed by atoms with E-state index in [0.29, 0.717) is 27.6 Å². The van der Waals surface area contributed by atoms with E-state index >= 15 is 0 Å². The number of nitrogens with one attached hydrogen (secondary N) is 2. The lowest BCUT2D eigenvalue weighted by Gasteiger charge is -2.14. The van der Waals surface area contributed by atoms with Gasteiger partial charge in [0.05, 0.1) is 37.2 Å². The summed E-state index contributed by atoms with van der Waals surface area (Å²) in [5.74, 6) is -0.0984. The number of aromatic nitrogens is 1. The van der Waals surface area contributed by atoms with Crippen molar-refractivity contribution in [2.24, 2.45) is 5.10 Å². The van der Waals surface area contributed by atoms with Crippen LogP contribution in [0.5, 0.6) is 11.5 Å². The van der Waals surface area contributed by atoms with Crippen LogP contribution >= 0.6 is 23.2 Å². The molecule has 10 heteroatoms. The molecule has 1 heterocycles. The van der Waals surface area contributed by atoms with Crippen LogP contribution in [0.2, 0.25) is 10.2 Å². The topological polar surface area (TPSA) is 102 Å². The summed E-state index contributed by atoms with van der Waals surface area (Å²) in [6.45, 7) is 1.72. The molecule has 0 spiro atoms. The molecule has 2 amide bonds. The predicted molar refractivity (Wildman–Crippen MR) is 128 cm³/mol. The first-order chi connectivity index (χ1) is 15.8. The van der Waals surface area contributed by atoms with Gasteiger partial charge in [0.1, 0.15) is 5.15 Å². The van der Waals surface area contributed by atoms with Gasteiger partial charge in [0, 0.05) is 16.8 Å². The van der Waals surface area contributed by atoms with Gasteiger partial charge in [-0.2, -0.15) is 5.10 Å². The highest BCUT2D eigenvalue weighted by Crippen LogP contribution is 2.30. The van der Waals surface area contributed by atoms with E-state index in [1.54, 1.807) is 37.3 Å². The Morgan fingerprint density at radius 2 is 1.82 bits per heavy atom. The number of nitrogens with zero attached hydrogens (tertiary/aromatic N) is 2. The number of aryl methyl sites for hydroxylation is 1. The second-order valence-electron chi connectivity index (χ2n) is 6.72. The molecule has 0 bridgehead atoms. The molecule has 3 rings (SSSR count). The van der Waals surface area contributed by atoms with Crippen LogP contribution in [0.1, 0.15) is 31.8 Å². The van der Waals surface area contributed by atoms with Gasteiger partial charge >= 0.3 is 0 Å². The van der Waals surface area contributed by atoms with Crippen molar-refractivity contribution >= 4 is 46.9 Å². The van der Waals surface area contributed by atoms with E-state index in [1.807, 2.05) is 0 Å². The summed E-state index contributed by atoms with van der Waals surface area (Å²) in [6, 6.07) is 11.4. The number of ether oxygens (including phenoxy) is 2. The van der Waals surface area contributed by atoms with Crippen molar-refractivity contribution < 1.29 is 19.1 Å². The molecule has 0 atom stereocenters. The molecule has 0 aliphatic heterocycles. The highest BCUT2D eigenvalue weighted by atomic mass is 35.5. The van der Waals surface area contributed by atoms with Crippen LogP contribution in [-0.2, 0) is 0 Å². The number of halogens is 2. The predicted octanol–water partition coefficient (Wildman–Crippen LogP) is 4.73. The lowest BCUT2D eigenvalue weighted by Crippen LogP contribution is -2.22. The molecule has 170 valence electrons. The molecule has 2 aromatic carbocycles. The minimum absolute atomic E-state index is 0.0458. The van der Waals surface area contributed by atoms with E-state index in [-0.39, 0.29) is 22.0 Å². The van der Waals surface area contributed by atoms with Gasteiger partial charge in [-0.1, -0.05) is 29.3 Å². The first-order valence-electron chi connectivity index (χ1n) is 9.62. The fourth-order valence-corrected chi connectivity index (χ4v) is 3.54. The Kier molecular flexibility index (Phi) is 7.87. The first-order valence-corrected chi connectivity index (χ1v) is 10.4. The maximum atomic E-state index is 12.9. The number of hydrogen-bond donors (Lipinski definition) is 2. The third-order valence-electron chi connectivity index (χ3n) is 4.59. The van der Waals surface area contributed by atoms with Crippen molar-refractivity contribution in [2.45, 2.75) is 6.92 Å². The van der Waals surface area contributed by atoms with E-state index in [2.05, 4.69) is 20.8 Å². The van der Waals surface area contributed by atoms with Crippen molar-refractivity contribution in [3.05, 3.63) is 81.1 Å². The lowest BCUT2D eigenvalue weighted by atomic mass is 10.1. The number of hydrogen-bond acceptors (Lipinski definition) is 6. The van der Waals surface area contributed by atoms with E-state index in [1.165, 1.54) is 38.8 Å². The quantitative estimate of drug-likeness (QED) is 0.285. The van der Waals surface area contributed by atoms with E-state index in [9.17, 15) is 9.59 Å². The van der Waals surface area contributed by atoms with E-state index in [4.69, 9.17) is 32.7 Å². The molecule has 2 N–H and O–H groups in total. The number of hydrazone groups is 1. The van der Waals surface area contributed by atoms with Gasteiger partial charge < -0.3 is 14.8 Å². The number of carbonyl (C=O) groups excluding carboxylic acids is 2. The largest absolute Gasteiger partial charge is 0.493 e. The van der Waals surface area contributed by atoms with Gasteiger partial charge in [-0.25, -0.2) is 10.4 Å². The summed E-state index contributed by atoms with van der Waals surface area (Å²) in [6.07, 6.45) is 2.89. The van der Waals surface area contributed by atoms with Crippen LogP contribution in [0.15, 0.2) is 53.8 Å². The summed E-state index contributed by atoms with van der Waals surface area (Å²) in [4.78, 5) is 29.5. The third-order valence-corrected chi connectivity index (χ3v) is 5.11. The maximum Gasteiger partial charge on any atom is 0.273 e. The van der Waals surface area contributed by atoms with Crippen LogP contribution in [0, 0.1) is 6.92 Å². The second-order valence-corrected chi connectivity index (χ2v) is 7.52. The van der Waals surface area contributed by atoms with Crippen LogP contribution in [0.4, 0.5) is 5.69 Å². The molecule has 0 unspecified atom stereocenters. The minimum Gasteiger partial charge on any atom is -0.493 e. The Morgan fingerprint density at radius 1 is 1.03 bits per heavy atom. The average Bonchev–Trinajstić information content (AvgIpc) is 2.80. The number of carbonyl (C=O) groups is 2. The average molecular weight is 487 g/mol. The monoisotopic (exact) mass is 486 g/mol. The Bertz CT molecular complexity index is 1230. The molecule has 0 fully saturated rings. The third kappa shape index (κ3) is 5.60. The molecule has 1 aromatic heterocycles. The van der Waals surface area contributed by atoms with Gasteiger partial charge in [0.25, 0.3) is 11.8 Å². The summed E-state index contributed by atoms with van der Waals surface area (Å²) < 4.78 is 10.6. The standard InChI is InChI=1S/C23H20Cl2N4O4/c1-13-10-15(24)11-17(19(13)28-22(30)16-7-5-9-26-21(16)25)23(31)29-27-12-14-6-4-8-18(32-2)20(14)33-3/h4-12H,1-3H3,(H,28,30)(H,29,31)/b27-12-. The Labute approximate surface area is 200 Å². The summed E-state index contributed by atoms with van der Waals surface area (Å²) >= 11 is 12.2. The van der Waals surface area contributed by atoms with Crippen LogP contribution in [0.3, 0.4) is 0 Å². The van der Waals surface area contributed by atoms with E-state index in [0.717, 1.165) is 0 Å². The number of para-hydroxylation sites is 1. The molecule has 0 saturated heterocycles. The van der Waals surface area contributed by atoms with Crippen molar-refractivity contribution in [3.8, 4) is 11.5 Å². The van der Waals surface area contributed by atoms with Gasteiger partial charge in [-0.3, -0.25) is 9.59 Å². The fourth-order valence-electron chi connectivity index (χ4n) is 3.06. The van der Waals surface area contributed by atoms with Crippen molar-refractivity contribution in [1.82, 2.24) is 10.4 Å². The van der Waals surface area contributed by atoms with Crippen LogP contribution in [-0.4, -0.2) is 37.2 Å². The summed E-state index contributed by atoms with van der Waals surface area (Å²) in [5, 5.41) is 7.09. The Hall–Kier alpha value is -3.62. The zero-order valence-electron chi connectivity index (χ0n) is 18.0. The van der Waals surface area contributed by atoms with Gasteiger partial charge in [0.15, 0.2) is 11.5 Å². The highest BCUT2D eigenvalue weighted by Gasteiger charge is 2.19. The Morgan fingerprint density at radius 3 is 2.52 bits per heavy atom. The maximum absolute atomic E-state index is 12.9. The minimum atomic E-state index is -0.578. The van der Waals surface area contributed by atoms with Crippen LogP contribution < -0.4 is 20.2 Å². The zero-order valence-corrected chi connectivity index (χ0v) is 19.5. The molecule has 33 heavy (non-hydrogen) atoms. The van der Waals surface area contributed by atoms with Gasteiger partial charge in [0.2, 0.25) is 0 Å². The number of anilines is 1. The number of amides is 2. The SMILES string of the molecule is COc1cccc(/C=N\NC(=O)c2cc(Cl)cc(C)c2NC(=O)c2cccnc2Cl)c1OC. The smallest absolute Gasteiger partial charge is 0.273 e. The molecular formula is C23H20Cl2N4O4. The van der Waals surface area contributed by atoms with Crippen LogP contribution in [0.25, 0.3) is 0 Å². The molecule has 0 saturated carbocycles. The molecule has 3 aromatic rings.